The van der Waals surface area contributed by atoms with Gasteiger partial charge in [-0.25, -0.2) is 4.79 Å². The van der Waals surface area contributed by atoms with Gasteiger partial charge < -0.3 is 48.5 Å². The average Bonchev–Trinajstić information content (AvgIpc) is 2.70. The topological polar surface area (TPSA) is 294 Å². The molecule has 0 saturated heterocycles. The summed E-state index contributed by atoms with van der Waals surface area (Å²) in [5, 5.41) is 33.2. The van der Waals surface area contributed by atoms with Crippen LogP contribution < -0.4 is 33.2 Å². The number of carboxylic acids is 3. The summed E-state index contributed by atoms with van der Waals surface area (Å²) in [7, 11) is 0. The van der Waals surface area contributed by atoms with Gasteiger partial charge in [0.05, 0.1) is 25.3 Å². The van der Waals surface area contributed by atoms with E-state index in [4.69, 9.17) is 32.5 Å². The Kier molecular flexibility index (Phi) is 13.4. The van der Waals surface area contributed by atoms with Gasteiger partial charge in [0.2, 0.25) is 23.6 Å². The zero-order valence-electron chi connectivity index (χ0n) is 18.2. The first kappa shape index (κ1) is 30.2. The highest BCUT2D eigenvalue weighted by molar-refractivity contribution is 5.96. The maximum atomic E-state index is 12.7. The molecule has 0 radical (unpaired) electrons. The number of nitrogens with one attached hydrogen (secondary N) is 3. The number of hydrogen-bond acceptors (Lipinski definition) is 9. The van der Waals surface area contributed by atoms with Crippen LogP contribution in [0.15, 0.2) is 0 Å². The van der Waals surface area contributed by atoms with E-state index in [2.05, 4.69) is 10.6 Å². The van der Waals surface area contributed by atoms with Gasteiger partial charge in [0.15, 0.2) is 0 Å². The van der Waals surface area contributed by atoms with Gasteiger partial charge in [0, 0.05) is 0 Å². The molecule has 0 fully saturated rings. The molecule has 0 bridgehead atoms. The summed E-state index contributed by atoms with van der Waals surface area (Å²) in [5.41, 5.74) is 15.8. The third-order valence-corrected chi connectivity index (χ3v) is 4.34. The fourth-order valence-corrected chi connectivity index (χ4v) is 2.65. The molecule has 34 heavy (non-hydrogen) atoms. The molecule has 0 rings (SSSR count). The summed E-state index contributed by atoms with van der Waals surface area (Å²) in [4.78, 5) is 81.5. The monoisotopic (exact) mass is 490 g/mol. The van der Waals surface area contributed by atoms with Gasteiger partial charge in [-0.3, -0.25) is 28.8 Å². The van der Waals surface area contributed by atoms with Crippen molar-refractivity contribution in [2.75, 3.05) is 6.54 Å². The molecule has 4 unspecified atom stereocenters. The van der Waals surface area contributed by atoms with Crippen LogP contribution in [0.2, 0.25) is 0 Å². The van der Waals surface area contributed by atoms with Gasteiger partial charge in [0.25, 0.3) is 0 Å². The molecule has 16 nitrogen and oxygen atoms in total. The molecule has 0 aromatic carbocycles. The normalized spacial score (nSPS) is 14.1. The summed E-state index contributed by atoms with van der Waals surface area (Å²) >= 11 is 0. The number of carbonyl (C=O) groups is 7. The van der Waals surface area contributed by atoms with Crippen molar-refractivity contribution in [3.8, 4) is 0 Å². The van der Waals surface area contributed by atoms with Crippen molar-refractivity contribution >= 4 is 41.5 Å². The number of aliphatic carboxylic acids is 3. The Balaban J connectivity index is 5.56. The Morgan fingerprint density at radius 2 is 1.18 bits per heavy atom. The number of unbranched alkanes of at least 4 members (excludes halogenated alkanes) is 1. The predicted molar refractivity (Wildman–Crippen MR) is 113 cm³/mol. The lowest BCUT2D eigenvalue weighted by Crippen LogP contribution is -2.57. The van der Waals surface area contributed by atoms with Crippen LogP contribution in [0, 0.1) is 0 Å². The van der Waals surface area contributed by atoms with Crippen LogP contribution in [0.4, 0.5) is 0 Å². The molecule has 16 heteroatoms. The van der Waals surface area contributed by atoms with E-state index < -0.39 is 85.0 Å². The standard InChI is InChI=1S/C18H30N6O10/c19-4-2-1-3-9(22-15(30)8(20)5-13(26)27)16(31)23-10(7-14(28)29)17(32)24-11(18(33)34)6-12(21)25/h8-11H,1-7,19-20H2,(H2,21,25)(H,22,30)(H,23,31)(H,24,32)(H,26,27)(H,28,29)(H,33,34). The molecule has 0 spiro atoms. The van der Waals surface area contributed by atoms with E-state index in [1.165, 1.54) is 0 Å². The van der Waals surface area contributed by atoms with Crippen LogP contribution in [0.1, 0.15) is 38.5 Å². The lowest BCUT2D eigenvalue weighted by Gasteiger charge is -2.24. The first-order valence-electron chi connectivity index (χ1n) is 10.1. The Bertz CT molecular complexity index is 789. The minimum absolute atomic E-state index is 0.00456. The minimum atomic E-state index is -1.78. The Morgan fingerprint density at radius 3 is 1.65 bits per heavy atom. The number of rotatable bonds is 17. The fourth-order valence-electron chi connectivity index (χ4n) is 2.65. The third kappa shape index (κ3) is 12.3. The van der Waals surface area contributed by atoms with E-state index in [1.807, 2.05) is 5.32 Å². The van der Waals surface area contributed by atoms with Crippen molar-refractivity contribution in [3.63, 3.8) is 0 Å². The molecule has 0 aliphatic rings. The van der Waals surface area contributed by atoms with Gasteiger partial charge in [-0.15, -0.1) is 0 Å². The van der Waals surface area contributed by atoms with Gasteiger partial charge in [0.1, 0.15) is 18.1 Å². The average molecular weight is 490 g/mol. The Hall–Kier alpha value is -3.79. The summed E-state index contributed by atoms with van der Waals surface area (Å²) in [6.45, 7) is 0.265. The highest BCUT2D eigenvalue weighted by Gasteiger charge is 2.32. The Morgan fingerprint density at radius 1 is 0.676 bits per heavy atom. The smallest absolute Gasteiger partial charge is 0.326 e. The van der Waals surface area contributed by atoms with E-state index in [9.17, 15) is 33.6 Å². The molecule has 0 saturated carbocycles. The van der Waals surface area contributed by atoms with Crippen LogP contribution in [-0.2, 0) is 33.6 Å². The minimum Gasteiger partial charge on any atom is -0.481 e. The van der Waals surface area contributed by atoms with Crippen LogP contribution in [0.25, 0.3) is 0 Å². The zero-order chi connectivity index (χ0) is 26.4. The summed E-state index contributed by atoms with van der Waals surface area (Å²) in [6, 6.07) is -6.36. The second-order valence-electron chi connectivity index (χ2n) is 7.28. The molecule has 0 aliphatic carbocycles. The molecule has 12 N–H and O–H groups in total. The van der Waals surface area contributed by atoms with Gasteiger partial charge in [-0.05, 0) is 25.8 Å². The van der Waals surface area contributed by atoms with Crippen LogP contribution >= 0.6 is 0 Å². The highest BCUT2D eigenvalue weighted by atomic mass is 16.4. The van der Waals surface area contributed by atoms with Crippen molar-refractivity contribution < 1.29 is 48.9 Å². The SMILES string of the molecule is NCCCCC(NC(=O)C(N)CC(=O)O)C(=O)NC(CC(=O)O)C(=O)NC(CC(N)=O)C(=O)O. The summed E-state index contributed by atoms with van der Waals surface area (Å²) in [6.07, 6.45) is -1.68. The molecular weight excluding hydrogens is 460 g/mol. The second kappa shape index (κ2) is 15.1. The van der Waals surface area contributed by atoms with Crippen molar-refractivity contribution in [1.29, 1.82) is 0 Å². The van der Waals surface area contributed by atoms with E-state index >= 15 is 0 Å². The lowest BCUT2D eigenvalue weighted by atomic mass is 10.1. The summed E-state index contributed by atoms with van der Waals surface area (Å²) in [5.74, 6) is -8.74. The number of primary amides is 1. The van der Waals surface area contributed by atoms with Crippen molar-refractivity contribution in [2.24, 2.45) is 17.2 Å². The molecule has 0 aromatic heterocycles. The van der Waals surface area contributed by atoms with Gasteiger partial charge >= 0.3 is 17.9 Å². The maximum absolute atomic E-state index is 12.7. The predicted octanol–water partition coefficient (Wildman–Crippen LogP) is -4.19. The highest BCUT2D eigenvalue weighted by Crippen LogP contribution is 2.05. The van der Waals surface area contributed by atoms with E-state index in [1.54, 1.807) is 0 Å². The number of hydrogen-bond donors (Lipinski definition) is 9. The quantitative estimate of drug-likeness (QED) is 0.0877. The van der Waals surface area contributed by atoms with Crippen molar-refractivity contribution in [2.45, 2.75) is 62.7 Å². The number of carbonyl (C=O) groups excluding carboxylic acids is 4. The number of amides is 4. The van der Waals surface area contributed by atoms with Crippen molar-refractivity contribution in [1.82, 2.24) is 16.0 Å². The molecule has 4 amide bonds. The largest absolute Gasteiger partial charge is 0.481 e. The summed E-state index contributed by atoms with van der Waals surface area (Å²) < 4.78 is 0. The molecule has 0 aliphatic heterocycles. The molecule has 4 atom stereocenters. The molecule has 0 aromatic rings. The molecule has 0 heterocycles. The zero-order valence-corrected chi connectivity index (χ0v) is 18.2. The van der Waals surface area contributed by atoms with Crippen LogP contribution in [0.3, 0.4) is 0 Å². The van der Waals surface area contributed by atoms with Crippen LogP contribution in [0.5, 0.6) is 0 Å². The Labute approximate surface area is 193 Å². The third-order valence-electron chi connectivity index (χ3n) is 4.34. The number of nitrogens with two attached hydrogens (primary N) is 3. The molecular formula is C18H30N6O10. The van der Waals surface area contributed by atoms with E-state index in [0.717, 1.165) is 0 Å². The van der Waals surface area contributed by atoms with Crippen molar-refractivity contribution in [3.05, 3.63) is 0 Å². The van der Waals surface area contributed by atoms with Gasteiger partial charge in [-0.2, -0.15) is 0 Å². The lowest BCUT2D eigenvalue weighted by molar-refractivity contribution is -0.144. The first-order valence-corrected chi connectivity index (χ1v) is 10.1. The van der Waals surface area contributed by atoms with Gasteiger partial charge in [-0.1, -0.05) is 0 Å². The first-order chi connectivity index (χ1) is 15.8. The fraction of sp³-hybridized carbons (Fsp3) is 0.611. The maximum Gasteiger partial charge on any atom is 0.326 e. The van der Waals surface area contributed by atoms with E-state index in [0.29, 0.717) is 12.8 Å². The van der Waals surface area contributed by atoms with E-state index in [-0.39, 0.29) is 13.0 Å². The second-order valence-corrected chi connectivity index (χ2v) is 7.28. The number of carboxylic acid groups (broad SMARTS) is 3. The molecule has 192 valence electrons. The van der Waals surface area contributed by atoms with Crippen LogP contribution in [-0.4, -0.2) is 87.6 Å².